The average Bonchev–Trinajstić information content (AvgIpc) is 3.15. The van der Waals surface area contributed by atoms with E-state index in [0.717, 1.165) is 55.7 Å². The van der Waals surface area contributed by atoms with Crippen molar-refractivity contribution in [3.05, 3.63) is 0 Å². The zero-order valence-corrected chi connectivity index (χ0v) is 35.3. The van der Waals surface area contributed by atoms with Gasteiger partial charge in [0.25, 0.3) is 5.91 Å². The molecular weight excluding hydrogens is 767 g/mol. The summed E-state index contributed by atoms with van der Waals surface area (Å²) in [5.41, 5.74) is 0.864. The van der Waals surface area contributed by atoms with Crippen molar-refractivity contribution in [1.82, 2.24) is 21.3 Å². The summed E-state index contributed by atoms with van der Waals surface area (Å²) in [6, 6.07) is -1.14. The highest BCUT2D eigenvalue weighted by Gasteiger charge is 2.20. The third-order valence-electron chi connectivity index (χ3n) is 8.29. The second kappa shape index (κ2) is 38.8. The zero-order valence-electron chi connectivity index (χ0n) is 33.7. The normalized spacial score (nSPS) is 11.3. The summed E-state index contributed by atoms with van der Waals surface area (Å²) in [5, 5.41) is 32.6. The minimum absolute atomic E-state index is 0.0237. The number of hydrogen-bond donors (Lipinski definition) is 6. The van der Waals surface area contributed by atoms with Crippen molar-refractivity contribution in [3.63, 3.8) is 0 Å². The average molecular weight is 836 g/mol. The summed E-state index contributed by atoms with van der Waals surface area (Å²) < 4.78 is 10.6. The number of thioether (sulfide) groups is 2. The number of nitrogens with zero attached hydrogens (tertiary/aromatic N) is 1. The van der Waals surface area contributed by atoms with E-state index in [9.17, 15) is 33.9 Å². The summed E-state index contributed by atoms with van der Waals surface area (Å²) in [4.78, 5) is 75.4. The summed E-state index contributed by atoms with van der Waals surface area (Å²) in [6.07, 6.45) is 19.5. The Kier molecular flexibility index (Phi) is 36.6. The molecule has 0 bridgehead atoms. The summed E-state index contributed by atoms with van der Waals surface area (Å²) in [7, 11) is 0. The summed E-state index contributed by atoms with van der Waals surface area (Å²) >= 11 is 3.25. The second-order valence-electron chi connectivity index (χ2n) is 13.4. The predicted octanol–water partition coefficient (Wildman–Crippen LogP) is 4.14. The van der Waals surface area contributed by atoms with Gasteiger partial charge in [0.1, 0.15) is 12.6 Å². The largest absolute Gasteiger partial charge is 0.481 e. The van der Waals surface area contributed by atoms with Crippen LogP contribution >= 0.6 is 23.5 Å². The SMILES string of the molecule is CSCC(CSC)=NOCC(=O)NCCNC(=O)COCCOCCNC(=O)CC[C@H](NC(=O)CCCCCCCCCCCCCCCCC(=O)O)C(=O)O. The summed E-state index contributed by atoms with van der Waals surface area (Å²) in [5.74, 6) is -1.79. The van der Waals surface area contributed by atoms with Crippen molar-refractivity contribution in [1.29, 1.82) is 0 Å². The Morgan fingerprint density at radius 1 is 0.554 bits per heavy atom. The molecule has 0 unspecified atom stereocenters. The van der Waals surface area contributed by atoms with Crippen molar-refractivity contribution in [2.24, 2.45) is 5.16 Å². The van der Waals surface area contributed by atoms with Crippen LogP contribution in [0.1, 0.15) is 116 Å². The van der Waals surface area contributed by atoms with Crippen LogP contribution in [0.3, 0.4) is 0 Å². The molecule has 0 saturated carbocycles. The first-order chi connectivity index (χ1) is 27.1. The molecule has 0 heterocycles. The van der Waals surface area contributed by atoms with Crippen LogP contribution in [-0.4, -0.2) is 134 Å². The molecule has 1 atom stereocenters. The lowest BCUT2D eigenvalue weighted by Crippen LogP contribution is -2.41. The zero-order chi connectivity index (χ0) is 41.5. The van der Waals surface area contributed by atoms with Gasteiger partial charge in [0.2, 0.25) is 17.7 Å². The van der Waals surface area contributed by atoms with Crippen molar-refractivity contribution >= 4 is 64.8 Å². The fourth-order valence-corrected chi connectivity index (χ4v) is 6.44. The van der Waals surface area contributed by atoms with Gasteiger partial charge in [0.05, 0.1) is 25.5 Å². The fourth-order valence-electron chi connectivity index (χ4n) is 5.33. The predicted molar refractivity (Wildman–Crippen MR) is 221 cm³/mol. The standard InChI is InChI=1S/C38H69N5O11S2/c1-55-29-31(30-56-2)43-54-28-36(47)40-22-21-39-35(46)27-53-26-25-52-24-23-41-33(44)20-19-32(38(50)51)42-34(45)17-15-13-11-9-7-5-3-4-6-8-10-12-14-16-18-37(48)49/h32H,3-30H2,1-2H3,(H,39,46)(H,40,47)(H,41,44)(H,42,45)(H,48,49)(H,50,51)/t32-/m0/s1. The third kappa shape index (κ3) is 36.5. The van der Waals surface area contributed by atoms with E-state index in [0.29, 0.717) is 6.42 Å². The van der Waals surface area contributed by atoms with E-state index in [1.54, 1.807) is 23.5 Å². The van der Waals surface area contributed by atoms with Gasteiger partial charge in [-0.3, -0.25) is 24.0 Å². The molecule has 0 fully saturated rings. The fraction of sp³-hybridized carbons (Fsp3) is 0.816. The Hall–Kier alpha value is -3.09. The van der Waals surface area contributed by atoms with Gasteiger partial charge < -0.3 is 45.8 Å². The number of rotatable bonds is 40. The minimum Gasteiger partial charge on any atom is -0.481 e. The number of carbonyl (C=O) groups is 6. The maximum atomic E-state index is 12.3. The molecule has 0 spiro atoms. The highest BCUT2D eigenvalue weighted by atomic mass is 32.2. The van der Waals surface area contributed by atoms with E-state index in [4.69, 9.17) is 19.4 Å². The number of aliphatic carboxylic acids is 2. The van der Waals surface area contributed by atoms with Crippen LogP contribution in [0.5, 0.6) is 0 Å². The van der Waals surface area contributed by atoms with Gasteiger partial charge in [0.15, 0.2) is 6.61 Å². The molecule has 4 amide bonds. The van der Waals surface area contributed by atoms with Gasteiger partial charge in [-0.2, -0.15) is 23.5 Å². The van der Waals surface area contributed by atoms with E-state index >= 15 is 0 Å². The van der Waals surface area contributed by atoms with E-state index in [1.165, 1.54) is 44.9 Å². The molecule has 0 aromatic rings. The van der Waals surface area contributed by atoms with Crippen molar-refractivity contribution in [2.75, 3.05) is 76.7 Å². The molecule has 56 heavy (non-hydrogen) atoms. The van der Waals surface area contributed by atoms with Gasteiger partial charge in [-0.15, -0.1) is 0 Å². The van der Waals surface area contributed by atoms with Gasteiger partial charge in [-0.05, 0) is 31.8 Å². The van der Waals surface area contributed by atoms with Crippen LogP contribution in [-0.2, 0) is 43.1 Å². The summed E-state index contributed by atoms with van der Waals surface area (Å²) in [6.45, 7) is 0.846. The molecular formula is C38H69N5O11S2. The molecule has 6 N–H and O–H groups in total. The molecule has 0 aliphatic carbocycles. The topological polar surface area (TPSA) is 231 Å². The molecule has 324 valence electrons. The molecule has 16 nitrogen and oxygen atoms in total. The number of nitrogens with one attached hydrogen (secondary N) is 4. The smallest absolute Gasteiger partial charge is 0.326 e. The monoisotopic (exact) mass is 835 g/mol. The number of hydrogen-bond acceptors (Lipinski definition) is 12. The van der Waals surface area contributed by atoms with Crippen LogP contribution in [0.15, 0.2) is 5.16 Å². The molecule has 0 aliphatic rings. The molecule has 0 aromatic carbocycles. The number of unbranched alkanes of at least 4 members (excludes halogenated alkanes) is 13. The van der Waals surface area contributed by atoms with Crippen molar-refractivity contribution in [3.8, 4) is 0 Å². The Labute approximate surface area is 341 Å². The first kappa shape index (κ1) is 52.9. The third-order valence-corrected chi connectivity index (χ3v) is 9.54. The number of carboxylic acids is 2. The second-order valence-corrected chi connectivity index (χ2v) is 15.1. The number of oxime groups is 1. The van der Waals surface area contributed by atoms with Crippen LogP contribution < -0.4 is 21.3 Å². The number of amides is 4. The Morgan fingerprint density at radius 3 is 1.55 bits per heavy atom. The van der Waals surface area contributed by atoms with Gasteiger partial charge >= 0.3 is 11.9 Å². The van der Waals surface area contributed by atoms with Gasteiger partial charge in [-0.1, -0.05) is 82.2 Å². The van der Waals surface area contributed by atoms with Crippen LogP contribution in [0.25, 0.3) is 0 Å². The first-order valence-corrected chi connectivity index (χ1v) is 22.7. The lowest BCUT2D eigenvalue weighted by Gasteiger charge is -2.14. The molecule has 0 aliphatic heterocycles. The Morgan fingerprint density at radius 2 is 1.04 bits per heavy atom. The highest BCUT2D eigenvalue weighted by Crippen LogP contribution is 2.14. The van der Waals surface area contributed by atoms with E-state index < -0.39 is 18.0 Å². The minimum atomic E-state index is -1.18. The highest BCUT2D eigenvalue weighted by molar-refractivity contribution is 8.00. The quantitative estimate of drug-likeness (QED) is 0.0290. The van der Waals surface area contributed by atoms with E-state index in [-0.39, 0.29) is 102 Å². The molecule has 0 saturated heterocycles. The Bertz CT molecular complexity index is 1110. The molecule has 0 rings (SSSR count). The first-order valence-electron chi connectivity index (χ1n) is 19.9. The molecule has 0 aromatic heterocycles. The van der Waals surface area contributed by atoms with E-state index in [2.05, 4.69) is 26.4 Å². The van der Waals surface area contributed by atoms with E-state index in [1.807, 2.05) is 12.5 Å². The maximum Gasteiger partial charge on any atom is 0.326 e. The number of carboxylic acid groups (broad SMARTS) is 2. The number of ether oxygens (including phenoxy) is 2. The number of carbonyl (C=O) groups excluding carboxylic acids is 4. The van der Waals surface area contributed by atoms with Gasteiger partial charge in [-0.25, -0.2) is 4.79 Å². The maximum absolute atomic E-state index is 12.3. The van der Waals surface area contributed by atoms with Crippen LogP contribution in [0.4, 0.5) is 0 Å². The molecule has 0 radical (unpaired) electrons. The lowest BCUT2D eigenvalue weighted by atomic mass is 10.0. The molecule has 18 heteroatoms. The van der Waals surface area contributed by atoms with Crippen LogP contribution in [0, 0.1) is 0 Å². The van der Waals surface area contributed by atoms with Crippen molar-refractivity contribution < 1.29 is 53.3 Å². The van der Waals surface area contributed by atoms with Gasteiger partial charge in [0, 0.05) is 50.4 Å². The van der Waals surface area contributed by atoms with Crippen molar-refractivity contribution in [2.45, 2.75) is 122 Å². The Balaban J connectivity index is 3.75. The van der Waals surface area contributed by atoms with Crippen LogP contribution in [0.2, 0.25) is 0 Å². The lowest BCUT2D eigenvalue weighted by molar-refractivity contribution is -0.142.